The lowest BCUT2D eigenvalue weighted by Gasteiger charge is -2.34. The third-order valence-corrected chi connectivity index (χ3v) is 6.56. The Morgan fingerprint density at radius 3 is 2.42 bits per heavy atom. The average molecular weight is 463 g/mol. The van der Waals surface area contributed by atoms with Crippen molar-refractivity contribution in [1.29, 1.82) is 0 Å². The van der Waals surface area contributed by atoms with E-state index in [2.05, 4.69) is 22.6 Å². The van der Waals surface area contributed by atoms with Gasteiger partial charge in [0, 0.05) is 44.7 Å². The van der Waals surface area contributed by atoms with Gasteiger partial charge in [-0.3, -0.25) is 19.7 Å². The molecular formula is C24H35FN4O4. The Bertz CT molecular complexity index is 836. The molecule has 1 atom stereocenters. The van der Waals surface area contributed by atoms with Crippen LogP contribution in [-0.2, 0) is 14.4 Å². The van der Waals surface area contributed by atoms with Crippen LogP contribution in [0.15, 0.2) is 18.2 Å². The number of likely N-dealkylation sites (N-methyl/N-ethyl adjacent to an activating group) is 1. The number of halogens is 1. The number of imide groups is 1. The molecule has 1 aromatic carbocycles. The number of rotatable bonds is 5. The fourth-order valence-electron chi connectivity index (χ4n) is 4.57. The summed E-state index contributed by atoms with van der Waals surface area (Å²) in [5, 5.41) is 13.7. The highest BCUT2D eigenvalue weighted by molar-refractivity contribution is 6.01. The van der Waals surface area contributed by atoms with Crippen LogP contribution in [0.5, 0.6) is 0 Å². The molecule has 2 heterocycles. The highest BCUT2D eigenvalue weighted by Gasteiger charge is 2.26. The number of hydrogen-bond donors (Lipinski definition) is 3. The summed E-state index contributed by atoms with van der Waals surface area (Å²) < 4.78 is 14.4. The van der Waals surface area contributed by atoms with Gasteiger partial charge in [0.2, 0.25) is 11.8 Å². The lowest BCUT2D eigenvalue weighted by molar-refractivity contribution is -0.138. The van der Waals surface area contributed by atoms with Crippen LogP contribution in [0.25, 0.3) is 0 Å². The Balaban J connectivity index is 0.000000257. The predicted molar refractivity (Wildman–Crippen MR) is 125 cm³/mol. The van der Waals surface area contributed by atoms with E-state index in [4.69, 9.17) is 5.11 Å². The topological polar surface area (TPSA) is 102 Å². The fourth-order valence-corrected chi connectivity index (χ4v) is 4.57. The SMILES string of the molecule is CN1CCN(c2ccc(NC3CCC(=O)NC3=O)cc2F)CC1.O=C(O)CC1CCCCC1. The lowest BCUT2D eigenvalue weighted by atomic mass is 9.87. The second-order valence-corrected chi connectivity index (χ2v) is 9.21. The molecule has 1 saturated carbocycles. The van der Waals surface area contributed by atoms with Gasteiger partial charge in [-0.25, -0.2) is 4.39 Å². The standard InChI is InChI=1S/C16H21FN4O2.C8H14O2/c1-20-6-8-21(9-7-20)14-4-2-11(10-12(14)17)18-13-3-5-15(22)19-16(13)23;9-8(10)6-7-4-2-1-3-5-7/h2,4,10,13,18H,3,5-9H2,1H3,(H,19,22,23);7H,1-6H2,(H,9,10). The van der Waals surface area contributed by atoms with E-state index in [-0.39, 0.29) is 17.6 Å². The summed E-state index contributed by atoms with van der Waals surface area (Å²) in [6, 6.07) is 4.44. The Labute approximate surface area is 194 Å². The number of amides is 2. The number of carbonyl (C=O) groups excluding carboxylic acids is 2. The van der Waals surface area contributed by atoms with E-state index in [0.717, 1.165) is 39.0 Å². The number of nitrogens with zero attached hydrogens (tertiary/aromatic N) is 2. The molecular weight excluding hydrogens is 427 g/mol. The molecule has 182 valence electrons. The maximum atomic E-state index is 14.4. The van der Waals surface area contributed by atoms with Crippen molar-refractivity contribution >= 4 is 29.2 Å². The number of hydrogen-bond acceptors (Lipinski definition) is 6. The molecule has 1 aliphatic carbocycles. The van der Waals surface area contributed by atoms with E-state index in [1.165, 1.54) is 25.3 Å². The first-order valence-corrected chi connectivity index (χ1v) is 11.9. The van der Waals surface area contributed by atoms with Gasteiger partial charge in [-0.1, -0.05) is 19.3 Å². The van der Waals surface area contributed by atoms with E-state index in [9.17, 15) is 18.8 Å². The average Bonchev–Trinajstić information content (AvgIpc) is 2.77. The maximum Gasteiger partial charge on any atom is 0.303 e. The molecule has 0 aromatic heterocycles. The largest absolute Gasteiger partial charge is 0.481 e. The molecule has 0 radical (unpaired) electrons. The number of anilines is 2. The van der Waals surface area contributed by atoms with Gasteiger partial charge in [0.05, 0.1) is 5.69 Å². The molecule has 0 spiro atoms. The summed E-state index contributed by atoms with van der Waals surface area (Å²) in [4.78, 5) is 37.4. The van der Waals surface area contributed by atoms with Gasteiger partial charge in [-0.2, -0.15) is 0 Å². The second kappa shape index (κ2) is 12.0. The summed E-state index contributed by atoms with van der Waals surface area (Å²) in [6.45, 7) is 3.42. The number of piperazine rings is 1. The molecule has 3 fully saturated rings. The molecule has 1 unspecified atom stereocenters. The van der Waals surface area contributed by atoms with Gasteiger partial charge < -0.3 is 20.2 Å². The molecule has 2 amide bonds. The fraction of sp³-hybridized carbons (Fsp3) is 0.625. The Kier molecular flexibility index (Phi) is 9.05. The summed E-state index contributed by atoms with van der Waals surface area (Å²) in [5.41, 5.74) is 1.14. The highest BCUT2D eigenvalue weighted by atomic mass is 19.1. The van der Waals surface area contributed by atoms with Gasteiger partial charge in [-0.15, -0.1) is 0 Å². The molecule has 3 aliphatic rings. The van der Waals surface area contributed by atoms with Crippen molar-refractivity contribution in [3.63, 3.8) is 0 Å². The van der Waals surface area contributed by atoms with E-state index in [1.807, 2.05) is 4.90 Å². The van der Waals surface area contributed by atoms with Gasteiger partial charge >= 0.3 is 5.97 Å². The van der Waals surface area contributed by atoms with Crippen LogP contribution < -0.4 is 15.5 Å². The molecule has 1 aromatic rings. The van der Waals surface area contributed by atoms with Crippen molar-refractivity contribution in [3.8, 4) is 0 Å². The normalized spacial score (nSPS) is 22.2. The van der Waals surface area contributed by atoms with Crippen molar-refractivity contribution in [3.05, 3.63) is 24.0 Å². The van der Waals surface area contributed by atoms with Crippen LogP contribution in [0.3, 0.4) is 0 Å². The van der Waals surface area contributed by atoms with Crippen molar-refractivity contribution in [2.75, 3.05) is 43.4 Å². The Morgan fingerprint density at radius 2 is 1.82 bits per heavy atom. The first-order chi connectivity index (χ1) is 15.8. The Hall–Kier alpha value is -2.68. The summed E-state index contributed by atoms with van der Waals surface area (Å²) in [6.07, 6.45) is 7.14. The van der Waals surface area contributed by atoms with Crippen LogP contribution in [0.4, 0.5) is 15.8 Å². The number of carboxylic acid groups (broad SMARTS) is 1. The molecule has 8 nitrogen and oxygen atoms in total. The van der Waals surface area contributed by atoms with E-state index < -0.39 is 12.0 Å². The van der Waals surface area contributed by atoms with Gasteiger partial charge in [0.1, 0.15) is 11.9 Å². The Morgan fingerprint density at radius 1 is 1.12 bits per heavy atom. The van der Waals surface area contributed by atoms with Crippen LogP contribution in [0, 0.1) is 11.7 Å². The number of benzene rings is 1. The lowest BCUT2D eigenvalue weighted by Crippen LogP contribution is -2.47. The van der Waals surface area contributed by atoms with Gasteiger partial charge in [0.15, 0.2) is 0 Å². The van der Waals surface area contributed by atoms with Crippen LogP contribution >= 0.6 is 0 Å². The van der Waals surface area contributed by atoms with Gasteiger partial charge in [-0.05, 0) is 50.4 Å². The third-order valence-electron chi connectivity index (χ3n) is 6.56. The molecule has 33 heavy (non-hydrogen) atoms. The van der Waals surface area contributed by atoms with Crippen LogP contribution in [0.1, 0.15) is 51.4 Å². The number of aliphatic carboxylic acids is 1. The summed E-state index contributed by atoms with van der Waals surface area (Å²) in [5.74, 6) is -1.07. The van der Waals surface area contributed by atoms with Crippen molar-refractivity contribution < 1.29 is 23.9 Å². The van der Waals surface area contributed by atoms with E-state index in [0.29, 0.717) is 36.6 Å². The quantitative estimate of drug-likeness (QED) is 0.579. The molecule has 4 rings (SSSR count). The second-order valence-electron chi connectivity index (χ2n) is 9.21. The van der Waals surface area contributed by atoms with Crippen LogP contribution in [-0.4, -0.2) is 67.1 Å². The molecule has 0 bridgehead atoms. The molecule has 2 aliphatic heterocycles. The number of nitrogens with one attached hydrogen (secondary N) is 2. The first kappa shape index (κ1) is 25.0. The van der Waals surface area contributed by atoms with E-state index in [1.54, 1.807) is 12.1 Å². The minimum Gasteiger partial charge on any atom is -0.481 e. The molecule has 3 N–H and O–H groups in total. The van der Waals surface area contributed by atoms with Crippen LogP contribution in [0.2, 0.25) is 0 Å². The first-order valence-electron chi connectivity index (χ1n) is 11.9. The van der Waals surface area contributed by atoms with Crippen molar-refractivity contribution in [2.24, 2.45) is 5.92 Å². The summed E-state index contributed by atoms with van der Waals surface area (Å²) in [7, 11) is 2.06. The smallest absolute Gasteiger partial charge is 0.303 e. The number of carboxylic acids is 1. The van der Waals surface area contributed by atoms with E-state index >= 15 is 0 Å². The van der Waals surface area contributed by atoms with Crippen molar-refractivity contribution in [2.45, 2.75) is 57.4 Å². The number of piperidine rings is 1. The highest BCUT2D eigenvalue weighted by Crippen LogP contribution is 2.26. The predicted octanol–water partition coefficient (Wildman–Crippen LogP) is 2.84. The minimum absolute atomic E-state index is 0.260. The zero-order chi connectivity index (χ0) is 23.8. The minimum atomic E-state index is -0.632. The molecule has 9 heteroatoms. The third kappa shape index (κ3) is 7.70. The monoisotopic (exact) mass is 462 g/mol. The number of carbonyl (C=O) groups is 3. The zero-order valence-corrected chi connectivity index (χ0v) is 19.3. The zero-order valence-electron chi connectivity index (χ0n) is 19.3. The van der Waals surface area contributed by atoms with Crippen molar-refractivity contribution in [1.82, 2.24) is 10.2 Å². The molecule has 2 saturated heterocycles. The summed E-state index contributed by atoms with van der Waals surface area (Å²) >= 11 is 0. The van der Waals surface area contributed by atoms with Gasteiger partial charge in [0.25, 0.3) is 0 Å². The maximum absolute atomic E-state index is 14.4.